The maximum absolute atomic E-state index is 12.9. The van der Waals surface area contributed by atoms with E-state index in [-0.39, 0.29) is 17.6 Å². The number of piperidine rings is 1. The minimum absolute atomic E-state index is 0.0473. The van der Waals surface area contributed by atoms with E-state index >= 15 is 0 Å². The highest BCUT2D eigenvalue weighted by molar-refractivity contribution is 7.99. The molecule has 1 fully saturated rings. The molecule has 2 heterocycles. The number of rotatable bonds is 6. The molecule has 1 aromatic carbocycles. The fourth-order valence-electron chi connectivity index (χ4n) is 3.32. The van der Waals surface area contributed by atoms with Gasteiger partial charge < -0.3 is 14.8 Å². The summed E-state index contributed by atoms with van der Waals surface area (Å²) in [5.41, 5.74) is 1.25. The minimum atomic E-state index is -0.142. The van der Waals surface area contributed by atoms with Crippen LogP contribution in [0.15, 0.2) is 35.7 Å². The standard InChI is InChI=1S/C19H25N5O2S/c1-3-16-9-4-5-10-24(16)18(26)14-7-6-8-15(11-14)21-17(25)12-27-19-22-20-13-23(19)2/h6-8,11,13,16H,3-5,9-10,12H2,1-2H3,(H,21,25). The van der Waals surface area contributed by atoms with Crippen LogP contribution in [0.25, 0.3) is 0 Å². The van der Waals surface area contributed by atoms with Crippen molar-refractivity contribution in [2.24, 2.45) is 7.05 Å². The zero-order valence-corrected chi connectivity index (χ0v) is 16.5. The number of likely N-dealkylation sites (tertiary alicyclic amines) is 1. The molecule has 1 aliphatic rings. The second-order valence-corrected chi connectivity index (χ2v) is 7.64. The summed E-state index contributed by atoms with van der Waals surface area (Å²) in [6.07, 6.45) is 5.87. The van der Waals surface area contributed by atoms with Gasteiger partial charge in [-0.05, 0) is 43.9 Å². The Kier molecular flexibility index (Phi) is 6.49. The van der Waals surface area contributed by atoms with Gasteiger partial charge in [-0.2, -0.15) is 0 Å². The second-order valence-electron chi connectivity index (χ2n) is 6.70. The highest BCUT2D eigenvalue weighted by Gasteiger charge is 2.26. The molecule has 0 radical (unpaired) electrons. The zero-order chi connectivity index (χ0) is 19.2. The Bertz CT molecular complexity index is 807. The predicted molar refractivity (Wildman–Crippen MR) is 106 cm³/mol. The highest BCUT2D eigenvalue weighted by atomic mass is 32.2. The average Bonchev–Trinajstić information content (AvgIpc) is 3.10. The number of hydrogen-bond acceptors (Lipinski definition) is 5. The molecule has 8 heteroatoms. The minimum Gasteiger partial charge on any atom is -0.336 e. The molecule has 3 rings (SSSR count). The number of carbonyl (C=O) groups is 2. The van der Waals surface area contributed by atoms with E-state index in [2.05, 4.69) is 22.4 Å². The highest BCUT2D eigenvalue weighted by Crippen LogP contribution is 2.23. The van der Waals surface area contributed by atoms with Crippen LogP contribution in [0.2, 0.25) is 0 Å². The lowest BCUT2D eigenvalue weighted by atomic mass is 9.99. The Labute approximate surface area is 163 Å². The molecule has 2 aromatic rings. The molecule has 0 saturated carbocycles. The molecule has 0 bridgehead atoms. The van der Waals surface area contributed by atoms with Crippen LogP contribution in [0.3, 0.4) is 0 Å². The largest absolute Gasteiger partial charge is 0.336 e. The van der Waals surface area contributed by atoms with Crippen LogP contribution >= 0.6 is 11.8 Å². The number of hydrogen-bond donors (Lipinski definition) is 1. The lowest BCUT2D eigenvalue weighted by molar-refractivity contribution is -0.113. The number of aryl methyl sites for hydroxylation is 1. The molecule has 1 saturated heterocycles. The van der Waals surface area contributed by atoms with Crippen molar-refractivity contribution in [2.75, 3.05) is 17.6 Å². The van der Waals surface area contributed by atoms with Crippen molar-refractivity contribution in [1.29, 1.82) is 0 Å². The Morgan fingerprint density at radius 1 is 1.33 bits per heavy atom. The number of benzene rings is 1. The number of amides is 2. The lowest BCUT2D eigenvalue weighted by Gasteiger charge is -2.35. The lowest BCUT2D eigenvalue weighted by Crippen LogP contribution is -2.43. The van der Waals surface area contributed by atoms with Gasteiger partial charge in [0.25, 0.3) is 5.91 Å². The van der Waals surface area contributed by atoms with Crippen LogP contribution in [0.1, 0.15) is 43.0 Å². The van der Waals surface area contributed by atoms with Crippen molar-refractivity contribution < 1.29 is 9.59 Å². The van der Waals surface area contributed by atoms with Crippen molar-refractivity contribution >= 4 is 29.3 Å². The number of anilines is 1. The third-order valence-electron chi connectivity index (χ3n) is 4.75. The third-order valence-corrected chi connectivity index (χ3v) is 5.79. The second kappa shape index (κ2) is 9.03. The van der Waals surface area contributed by atoms with E-state index in [1.165, 1.54) is 18.2 Å². The van der Waals surface area contributed by atoms with Gasteiger partial charge in [-0.1, -0.05) is 24.8 Å². The number of carbonyl (C=O) groups excluding carboxylic acids is 2. The Hall–Kier alpha value is -2.35. The van der Waals surface area contributed by atoms with Gasteiger partial charge >= 0.3 is 0 Å². The van der Waals surface area contributed by atoms with Gasteiger partial charge in [0, 0.05) is 30.9 Å². The Morgan fingerprint density at radius 2 is 2.19 bits per heavy atom. The van der Waals surface area contributed by atoms with Crippen molar-refractivity contribution in [2.45, 2.75) is 43.8 Å². The summed E-state index contributed by atoms with van der Waals surface area (Å²) in [5.74, 6) is 0.137. The van der Waals surface area contributed by atoms with Crippen LogP contribution in [0.4, 0.5) is 5.69 Å². The summed E-state index contributed by atoms with van der Waals surface area (Å²) in [5, 5.41) is 11.3. The van der Waals surface area contributed by atoms with Crippen LogP contribution in [0, 0.1) is 0 Å². The molecular formula is C19H25N5O2S. The van der Waals surface area contributed by atoms with Crippen molar-refractivity contribution in [3.05, 3.63) is 36.2 Å². The van der Waals surface area contributed by atoms with Crippen molar-refractivity contribution in [3.8, 4) is 0 Å². The van der Waals surface area contributed by atoms with Crippen LogP contribution < -0.4 is 5.32 Å². The van der Waals surface area contributed by atoms with Crippen molar-refractivity contribution in [3.63, 3.8) is 0 Å². The SMILES string of the molecule is CCC1CCCCN1C(=O)c1cccc(NC(=O)CSc2nncn2C)c1. The maximum atomic E-state index is 12.9. The molecule has 144 valence electrons. The zero-order valence-electron chi connectivity index (χ0n) is 15.7. The molecule has 1 unspecified atom stereocenters. The van der Waals surface area contributed by atoms with E-state index in [0.717, 1.165) is 25.8 Å². The molecule has 0 spiro atoms. The molecule has 1 aliphatic heterocycles. The predicted octanol–water partition coefficient (Wildman–Crippen LogP) is 2.95. The molecule has 7 nitrogen and oxygen atoms in total. The van der Waals surface area contributed by atoms with Gasteiger partial charge in [-0.15, -0.1) is 10.2 Å². The molecule has 2 amide bonds. The summed E-state index contributed by atoms with van der Waals surface area (Å²) in [6.45, 7) is 2.93. The topological polar surface area (TPSA) is 80.1 Å². The van der Waals surface area contributed by atoms with Crippen LogP contribution in [-0.2, 0) is 11.8 Å². The van der Waals surface area contributed by atoms with Crippen LogP contribution in [0.5, 0.6) is 0 Å². The summed E-state index contributed by atoms with van der Waals surface area (Å²) >= 11 is 1.32. The molecule has 27 heavy (non-hydrogen) atoms. The van der Waals surface area contributed by atoms with E-state index in [1.54, 1.807) is 23.0 Å². The average molecular weight is 388 g/mol. The first-order valence-corrected chi connectivity index (χ1v) is 10.2. The third kappa shape index (κ3) is 4.88. The van der Waals surface area contributed by atoms with E-state index in [9.17, 15) is 9.59 Å². The molecule has 0 aliphatic carbocycles. The molecular weight excluding hydrogens is 362 g/mol. The van der Waals surface area contributed by atoms with Gasteiger partial charge in [0.15, 0.2) is 5.16 Å². The summed E-state index contributed by atoms with van der Waals surface area (Å²) in [4.78, 5) is 27.1. The Balaban J connectivity index is 1.61. The smallest absolute Gasteiger partial charge is 0.254 e. The van der Waals surface area contributed by atoms with Gasteiger partial charge in [0.2, 0.25) is 5.91 Å². The van der Waals surface area contributed by atoms with Crippen LogP contribution in [-0.4, -0.2) is 49.8 Å². The van der Waals surface area contributed by atoms with Gasteiger partial charge in [0.1, 0.15) is 6.33 Å². The first kappa shape index (κ1) is 19.4. The quantitative estimate of drug-likeness (QED) is 0.771. The number of thioether (sulfide) groups is 1. The van der Waals surface area contributed by atoms with Gasteiger partial charge in [-0.3, -0.25) is 9.59 Å². The van der Waals surface area contributed by atoms with E-state index in [1.807, 2.05) is 24.1 Å². The fraction of sp³-hybridized carbons (Fsp3) is 0.474. The summed E-state index contributed by atoms with van der Waals surface area (Å²) in [7, 11) is 1.83. The summed E-state index contributed by atoms with van der Waals surface area (Å²) < 4.78 is 1.76. The molecule has 1 atom stereocenters. The first-order valence-electron chi connectivity index (χ1n) is 9.26. The fourth-order valence-corrected chi connectivity index (χ4v) is 4.01. The van der Waals surface area contributed by atoms with E-state index in [0.29, 0.717) is 22.4 Å². The molecule has 1 aromatic heterocycles. The van der Waals surface area contributed by atoms with E-state index < -0.39 is 0 Å². The molecule has 1 N–H and O–H groups in total. The Morgan fingerprint density at radius 3 is 2.93 bits per heavy atom. The monoisotopic (exact) mass is 387 g/mol. The number of nitrogens with zero attached hydrogens (tertiary/aromatic N) is 4. The van der Waals surface area contributed by atoms with E-state index in [4.69, 9.17) is 0 Å². The van der Waals surface area contributed by atoms with Gasteiger partial charge in [0.05, 0.1) is 5.75 Å². The van der Waals surface area contributed by atoms with Crippen molar-refractivity contribution in [1.82, 2.24) is 19.7 Å². The summed E-state index contributed by atoms with van der Waals surface area (Å²) in [6, 6.07) is 7.49. The number of aromatic nitrogens is 3. The number of nitrogens with one attached hydrogen (secondary N) is 1. The normalized spacial score (nSPS) is 17.0. The maximum Gasteiger partial charge on any atom is 0.254 e. The van der Waals surface area contributed by atoms with Gasteiger partial charge in [-0.25, -0.2) is 0 Å². The first-order chi connectivity index (χ1) is 13.1.